The average Bonchev–Trinajstić information content (AvgIpc) is 2.52. The molecule has 0 spiro atoms. The molecule has 0 aliphatic heterocycles. The molecule has 0 aromatic carbocycles. The SMILES string of the molecule is CCC(C)(C)n1cnc(CCl)c1. The Morgan fingerprint density at radius 3 is 2.67 bits per heavy atom. The quantitative estimate of drug-likeness (QED) is 0.664. The third kappa shape index (κ3) is 1.81. The van der Waals surface area contributed by atoms with E-state index in [0.717, 1.165) is 12.1 Å². The highest BCUT2D eigenvalue weighted by atomic mass is 35.5. The summed E-state index contributed by atoms with van der Waals surface area (Å²) >= 11 is 5.66. The second-order valence-corrected chi connectivity index (χ2v) is 3.84. The molecule has 68 valence electrons. The largest absolute Gasteiger partial charge is 0.332 e. The summed E-state index contributed by atoms with van der Waals surface area (Å²) in [5.74, 6) is 0.493. The highest BCUT2D eigenvalue weighted by Crippen LogP contribution is 2.19. The third-order valence-electron chi connectivity index (χ3n) is 2.34. The second-order valence-electron chi connectivity index (χ2n) is 3.57. The van der Waals surface area contributed by atoms with E-state index in [9.17, 15) is 0 Å². The average molecular weight is 187 g/mol. The lowest BCUT2D eigenvalue weighted by molar-refractivity contribution is 0.342. The van der Waals surface area contributed by atoms with E-state index in [4.69, 9.17) is 11.6 Å². The molecule has 0 radical (unpaired) electrons. The van der Waals surface area contributed by atoms with Crippen LogP contribution >= 0.6 is 11.6 Å². The van der Waals surface area contributed by atoms with Crippen LogP contribution in [0.15, 0.2) is 12.5 Å². The van der Waals surface area contributed by atoms with Crippen molar-refractivity contribution in [2.45, 2.75) is 38.6 Å². The van der Waals surface area contributed by atoms with Crippen molar-refractivity contribution >= 4 is 11.6 Å². The monoisotopic (exact) mass is 186 g/mol. The van der Waals surface area contributed by atoms with Crippen molar-refractivity contribution in [1.82, 2.24) is 9.55 Å². The molecule has 0 N–H and O–H groups in total. The van der Waals surface area contributed by atoms with Gasteiger partial charge in [-0.1, -0.05) is 6.92 Å². The number of nitrogens with zero attached hydrogens (tertiary/aromatic N) is 2. The molecular weight excluding hydrogens is 172 g/mol. The number of hydrogen-bond donors (Lipinski definition) is 0. The van der Waals surface area contributed by atoms with Crippen LogP contribution in [0.25, 0.3) is 0 Å². The van der Waals surface area contributed by atoms with Gasteiger partial charge in [-0.3, -0.25) is 0 Å². The summed E-state index contributed by atoms with van der Waals surface area (Å²) in [7, 11) is 0. The highest BCUT2D eigenvalue weighted by Gasteiger charge is 2.16. The van der Waals surface area contributed by atoms with Crippen LogP contribution in [-0.2, 0) is 11.4 Å². The first-order valence-electron chi connectivity index (χ1n) is 4.19. The number of hydrogen-bond acceptors (Lipinski definition) is 1. The molecular formula is C9H15ClN2. The van der Waals surface area contributed by atoms with Crippen molar-refractivity contribution in [2.75, 3.05) is 0 Å². The van der Waals surface area contributed by atoms with E-state index in [1.54, 1.807) is 0 Å². The Balaban J connectivity index is 2.88. The summed E-state index contributed by atoms with van der Waals surface area (Å²) in [5.41, 5.74) is 1.09. The van der Waals surface area contributed by atoms with E-state index in [-0.39, 0.29) is 5.54 Å². The molecule has 1 aromatic heterocycles. The Morgan fingerprint density at radius 2 is 2.25 bits per heavy atom. The molecule has 2 nitrogen and oxygen atoms in total. The summed E-state index contributed by atoms with van der Waals surface area (Å²) in [6.07, 6.45) is 4.95. The van der Waals surface area contributed by atoms with E-state index in [0.29, 0.717) is 5.88 Å². The van der Waals surface area contributed by atoms with Gasteiger partial charge >= 0.3 is 0 Å². The van der Waals surface area contributed by atoms with Gasteiger partial charge in [0.1, 0.15) is 0 Å². The van der Waals surface area contributed by atoms with Crippen molar-refractivity contribution in [3.8, 4) is 0 Å². The van der Waals surface area contributed by atoms with Crippen molar-refractivity contribution < 1.29 is 0 Å². The molecule has 0 aliphatic carbocycles. The topological polar surface area (TPSA) is 17.8 Å². The molecule has 0 saturated heterocycles. The molecule has 0 atom stereocenters. The number of aromatic nitrogens is 2. The van der Waals surface area contributed by atoms with Gasteiger partial charge in [0.25, 0.3) is 0 Å². The fourth-order valence-electron chi connectivity index (χ4n) is 0.946. The zero-order valence-corrected chi connectivity index (χ0v) is 8.60. The zero-order valence-electron chi connectivity index (χ0n) is 7.84. The molecule has 1 heterocycles. The minimum Gasteiger partial charge on any atom is -0.332 e. The molecule has 0 bridgehead atoms. The molecule has 0 saturated carbocycles. The Hall–Kier alpha value is -0.500. The van der Waals surface area contributed by atoms with Crippen LogP contribution in [0, 0.1) is 0 Å². The van der Waals surface area contributed by atoms with E-state index in [1.165, 1.54) is 0 Å². The fraction of sp³-hybridized carbons (Fsp3) is 0.667. The van der Waals surface area contributed by atoms with Crippen molar-refractivity contribution in [3.63, 3.8) is 0 Å². The standard InChI is InChI=1S/C9H15ClN2/c1-4-9(2,3)12-6-8(5-10)11-7-12/h6-7H,4-5H2,1-3H3. The maximum Gasteiger partial charge on any atom is 0.0954 e. The summed E-state index contributed by atoms with van der Waals surface area (Å²) in [4.78, 5) is 4.18. The number of imidazole rings is 1. The Morgan fingerprint density at radius 1 is 1.58 bits per heavy atom. The Kier molecular flexibility index (Phi) is 2.78. The number of halogens is 1. The van der Waals surface area contributed by atoms with Gasteiger partial charge in [-0.15, -0.1) is 11.6 Å². The van der Waals surface area contributed by atoms with Crippen LogP contribution < -0.4 is 0 Å². The van der Waals surface area contributed by atoms with Gasteiger partial charge in [-0.2, -0.15) is 0 Å². The first kappa shape index (κ1) is 9.59. The maximum absolute atomic E-state index is 5.66. The molecule has 0 amide bonds. The van der Waals surface area contributed by atoms with Crippen LogP contribution in [0.1, 0.15) is 32.9 Å². The molecule has 3 heteroatoms. The maximum atomic E-state index is 5.66. The molecule has 0 fully saturated rings. The van der Waals surface area contributed by atoms with Gasteiger partial charge in [-0.25, -0.2) is 4.98 Å². The first-order chi connectivity index (χ1) is 5.60. The summed E-state index contributed by atoms with van der Waals surface area (Å²) in [5, 5.41) is 0. The fourth-order valence-corrected chi connectivity index (χ4v) is 1.08. The molecule has 12 heavy (non-hydrogen) atoms. The van der Waals surface area contributed by atoms with Gasteiger partial charge in [0.2, 0.25) is 0 Å². The third-order valence-corrected chi connectivity index (χ3v) is 2.61. The normalized spacial score (nSPS) is 12.0. The van der Waals surface area contributed by atoms with Crippen LogP contribution in [-0.4, -0.2) is 9.55 Å². The zero-order chi connectivity index (χ0) is 9.19. The Bertz CT molecular complexity index is 253. The molecule has 0 unspecified atom stereocenters. The number of rotatable bonds is 3. The smallest absolute Gasteiger partial charge is 0.0954 e. The predicted octanol–water partition coefficient (Wildman–Crippen LogP) is 2.77. The predicted molar refractivity (Wildman–Crippen MR) is 51.4 cm³/mol. The van der Waals surface area contributed by atoms with Crippen molar-refractivity contribution in [3.05, 3.63) is 18.2 Å². The lowest BCUT2D eigenvalue weighted by Crippen LogP contribution is -2.23. The first-order valence-corrected chi connectivity index (χ1v) is 4.73. The molecule has 0 aliphatic rings. The van der Waals surface area contributed by atoms with Crippen LogP contribution in [0.3, 0.4) is 0 Å². The van der Waals surface area contributed by atoms with Crippen molar-refractivity contribution in [1.29, 1.82) is 0 Å². The Labute approximate surface area is 78.6 Å². The van der Waals surface area contributed by atoms with Gasteiger partial charge in [0.05, 0.1) is 17.9 Å². The van der Waals surface area contributed by atoms with E-state index in [1.807, 2.05) is 12.5 Å². The van der Waals surface area contributed by atoms with E-state index in [2.05, 4.69) is 30.3 Å². The highest BCUT2D eigenvalue weighted by molar-refractivity contribution is 6.16. The number of alkyl halides is 1. The van der Waals surface area contributed by atoms with E-state index < -0.39 is 0 Å². The molecule has 1 rings (SSSR count). The van der Waals surface area contributed by atoms with Gasteiger partial charge in [0, 0.05) is 11.7 Å². The van der Waals surface area contributed by atoms with Crippen LogP contribution in [0.2, 0.25) is 0 Å². The van der Waals surface area contributed by atoms with E-state index >= 15 is 0 Å². The second kappa shape index (κ2) is 3.48. The minimum absolute atomic E-state index is 0.150. The van der Waals surface area contributed by atoms with Crippen LogP contribution in [0.5, 0.6) is 0 Å². The van der Waals surface area contributed by atoms with Gasteiger partial charge in [-0.05, 0) is 20.3 Å². The van der Waals surface area contributed by atoms with Gasteiger partial charge < -0.3 is 4.57 Å². The summed E-state index contributed by atoms with van der Waals surface area (Å²) < 4.78 is 2.12. The van der Waals surface area contributed by atoms with Crippen LogP contribution in [0.4, 0.5) is 0 Å². The van der Waals surface area contributed by atoms with Gasteiger partial charge in [0.15, 0.2) is 0 Å². The van der Waals surface area contributed by atoms with Crippen molar-refractivity contribution in [2.24, 2.45) is 0 Å². The lowest BCUT2D eigenvalue weighted by atomic mass is 10.0. The summed E-state index contributed by atoms with van der Waals surface area (Å²) in [6, 6.07) is 0. The lowest BCUT2D eigenvalue weighted by Gasteiger charge is -2.24. The minimum atomic E-state index is 0.150. The molecule has 1 aromatic rings. The summed E-state index contributed by atoms with van der Waals surface area (Å²) in [6.45, 7) is 6.54.